The second kappa shape index (κ2) is 5.10. The van der Waals surface area contributed by atoms with Crippen LogP contribution in [0.4, 0.5) is 4.39 Å². The van der Waals surface area contributed by atoms with Crippen LogP contribution in [-0.2, 0) is 6.42 Å². The van der Waals surface area contributed by atoms with Crippen LogP contribution >= 0.6 is 11.6 Å². The van der Waals surface area contributed by atoms with E-state index in [0.717, 1.165) is 41.0 Å². The van der Waals surface area contributed by atoms with Crippen molar-refractivity contribution in [3.05, 3.63) is 64.0 Å². The predicted molar refractivity (Wildman–Crippen MR) is 79.2 cm³/mol. The molecule has 2 aromatic carbocycles. The highest BCUT2D eigenvalue weighted by Crippen LogP contribution is 2.36. The van der Waals surface area contributed by atoms with Crippen LogP contribution in [-0.4, -0.2) is 6.61 Å². The monoisotopic (exact) mass is 290 g/mol. The standard InChI is InChI=1S/C17H16ClFO/c1-10-7-14(19)8-11(2)16(10)17(18)13-3-4-15-12(9-13)5-6-20-15/h3-4,7-9,17H,5-6H2,1-2H3. The van der Waals surface area contributed by atoms with Gasteiger partial charge in [-0.1, -0.05) is 12.1 Å². The summed E-state index contributed by atoms with van der Waals surface area (Å²) in [5, 5.41) is -0.263. The minimum Gasteiger partial charge on any atom is -0.493 e. The number of aryl methyl sites for hydroxylation is 2. The van der Waals surface area contributed by atoms with Crippen molar-refractivity contribution in [3.63, 3.8) is 0 Å². The number of halogens is 2. The maximum absolute atomic E-state index is 13.4. The summed E-state index contributed by atoms with van der Waals surface area (Å²) in [6, 6.07) is 9.13. The Bertz CT molecular complexity index is 643. The second-order valence-corrected chi connectivity index (χ2v) is 5.72. The summed E-state index contributed by atoms with van der Waals surface area (Å²) in [4.78, 5) is 0. The minimum atomic E-state index is -0.263. The van der Waals surface area contributed by atoms with Crippen LogP contribution in [0.2, 0.25) is 0 Å². The van der Waals surface area contributed by atoms with Crippen LogP contribution < -0.4 is 4.74 Å². The summed E-state index contributed by atoms with van der Waals surface area (Å²) in [5.41, 5.74) is 5.00. The van der Waals surface area contributed by atoms with E-state index in [9.17, 15) is 4.39 Å². The molecule has 3 heteroatoms. The average molecular weight is 291 g/mol. The number of hydrogen-bond donors (Lipinski definition) is 0. The summed E-state index contributed by atoms with van der Waals surface area (Å²) in [7, 11) is 0. The highest BCUT2D eigenvalue weighted by Gasteiger charge is 2.19. The van der Waals surface area contributed by atoms with E-state index in [2.05, 4.69) is 6.07 Å². The molecule has 0 bridgehead atoms. The highest BCUT2D eigenvalue weighted by molar-refractivity contribution is 6.22. The van der Waals surface area contributed by atoms with Gasteiger partial charge < -0.3 is 4.74 Å². The van der Waals surface area contributed by atoms with Crippen molar-refractivity contribution in [2.45, 2.75) is 25.6 Å². The van der Waals surface area contributed by atoms with Crippen molar-refractivity contribution in [1.29, 1.82) is 0 Å². The molecule has 1 unspecified atom stereocenters. The van der Waals surface area contributed by atoms with Gasteiger partial charge in [-0.3, -0.25) is 0 Å². The van der Waals surface area contributed by atoms with Gasteiger partial charge in [-0.2, -0.15) is 0 Å². The molecular formula is C17H16ClFO. The zero-order valence-corrected chi connectivity index (χ0v) is 12.3. The maximum atomic E-state index is 13.4. The lowest BCUT2D eigenvalue weighted by atomic mass is 9.94. The van der Waals surface area contributed by atoms with Crippen LogP contribution in [0.5, 0.6) is 5.75 Å². The Morgan fingerprint density at radius 1 is 1.15 bits per heavy atom. The quantitative estimate of drug-likeness (QED) is 0.728. The highest BCUT2D eigenvalue weighted by atomic mass is 35.5. The first-order chi connectivity index (χ1) is 9.56. The van der Waals surface area contributed by atoms with Gasteiger partial charge in [0.2, 0.25) is 0 Å². The van der Waals surface area contributed by atoms with Gasteiger partial charge in [-0.05, 0) is 59.9 Å². The van der Waals surface area contributed by atoms with Crippen LogP contribution in [0.3, 0.4) is 0 Å². The van der Waals surface area contributed by atoms with E-state index >= 15 is 0 Å². The largest absolute Gasteiger partial charge is 0.493 e. The fourth-order valence-electron chi connectivity index (χ4n) is 2.85. The molecule has 0 spiro atoms. The van der Waals surface area contributed by atoms with E-state index in [1.165, 1.54) is 17.7 Å². The third-order valence-corrected chi connectivity index (χ3v) is 4.29. The fraction of sp³-hybridized carbons (Fsp3) is 0.294. The first-order valence-electron chi connectivity index (χ1n) is 6.72. The third kappa shape index (κ3) is 2.29. The van der Waals surface area contributed by atoms with Crippen LogP contribution in [0.15, 0.2) is 30.3 Å². The predicted octanol–water partition coefficient (Wildman–Crippen LogP) is 4.71. The number of hydrogen-bond acceptors (Lipinski definition) is 1. The molecule has 3 rings (SSSR count). The summed E-state index contributed by atoms with van der Waals surface area (Å²) in [6.07, 6.45) is 0.925. The van der Waals surface area contributed by atoms with E-state index < -0.39 is 0 Å². The molecular weight excluding hydrogens is 275 g/mol. The van der Waals surface area contributed by atoms with Gasteiger partial charge in [0.25, 0.3) is 0 Å². The van der Waals surface area contributed by atoms with Crippen molar-refractivity contribution in [2.75, 3.05) is 6.61 Å². The number of benzene rings is 2. The number of fused-ring (bicyclic) bond motifs is 1. The molecule has 1 atom stereocenters. The van der Waals surface area contributed by atoms with Crippen LogP contribution in [0.25, 0.3) is 0 Å². The Hall–Kier alpha value is -1.54. The molecule has 1 aliphatic heterocycles. The lowest BCUT2D eigenvalue weighted by Gasteiger charge is -2.17. The number of ether oxygens (including phenoxy) is 1. The Kier molecular flexibility index (Phi) is 3.43. The lowest BCUT2D eigenvalue weighted by molar-refractivity contribution is 0.357. The topological polar surface area (TPSA) is 9.23 Å². The van der Waals surface area contributed by atoms with Gasteiger partial charge in [-0.15, -0.1) is 11.6 Å². The minimum absolute atomic E-state index is 0.213. The molecule has 104 valence electrons. The molecule has 1 nitrogen and oxygen atoms in total. The van der Waals surface area contributed by atoms with Gasteiger partial charge >= 0.3 is 0 Å². The lowest BCUT2D eigenvalue weighted by Crippen LogP contribution is -2.01. The third-order valence-electron chi connectivity index (χ3n) is 3.82. The van der Waals surface area contributed by atoms with E-state index in [4.69, 9.17) is 16.3 Å². The molecule has 0 radical (unpaired) electrons. The summed E-state index contributed by atoms with van der Waals surface area (Å²) in [5.74, 6) is 0.736. The summed E-state index contributed by atoms with van der Waals surface area (Å²) < 4.78 is 18.9. The molecule has 20 heavy (non-hydrogen) atoms. The Morgan fingerprint density at radius 2 is 1.85 bits per heavy atom. The summed E-state index contributed by atoms with van der Waals surface area (Å²) >= 11 is 6.63. The van der Waals surface area contributed by atoms with Gasteiger partial charge in [-0.25, -0.2) is 4.39 Å². The van der Waals surface area contributed by atoms with E-state index in [0.29, 0.717) is 0 Å². The zero-order chi connectivity index (χ0) is 14.3. The molecule has 0 N–H and O–H groups in total. The van der Waals surface area contributed by atoms with Crippen molar-refractivity contribution >= 4 is 11.6 Å². The van der Waals surface area contributed by atoms with Gasteiger partial charge in [0.1, 0.15) is 11.6 Å². The van der Waals surface area contributed by atoms with E-state index in [1.807, 2.05) is 26.0 Å². The van der Waals surface area contributed by atoms with E-state index in [-0.39, 0.29) is 11.2 Å². The molecule has 0 fully saturated rings. The zero-order valence-electron chi connectivity index (χ0n) is 11.5. The van der Waals surface area contributed by atoms with Crippen LogP contribution in [0, 0.1) is 19.7 Å². The SMILES string of the molecule is Cc1cc(F)cc(C)c1C(Cl)c1ccc2c(c1)CCO2. The molecule has 1 aliphatic rings. The van der Waals surface area contributed by atoms with Crippen molar-refractivity contribution in [2.24, 2.45) is 0 Å². The molecule has 1 heterocycles. The normalized spacial score (nSPS) is 14.8. The molecule has 0 aliphatic carbocycles. The smallest absolute Gasteiger partial charge is 0.123 e. The fourth-order valence-corrected chi connectivity index (χ4v) is 3.33. The molecule has 2 aromatic rings. The van der Waals surface area contributed by atoms with Gasteiger partial charge in [0.05, 0.1) is 12.0 Å². The van der Waals surface area contributed by atoms with E-state index in [1.54, 1.807) is 0 Å². The Balaban J connectivity index is 2.03. The molecule has 0 aromatic heterocycles. The van der Waals surface area contributed by atoms with Crippen LogP contribution in [0.1, 0.15) is 33.2 Å². The van der Waals surface area contributed by atoms with Crippen molar-refractivity contribution in [1.82, 2.24) is 0 Å². The number of alkyl halides is 1. The Morgan fingerprint density at radius 3 is 2.55 bits per heavy atom. The summed E-state index contributed by atoms with van der Waals surface area (Å²) in [6.45, 7) is 4.54. The van der Waals surface area contributed by atoms with Crippen molar-refractivity contribution in [3.8, 4) is 5.75 Å². The van der Waals surface area contributed by atoms with Crippen molar-refractivity contribution < 1.29 is 9.13 Å². The average Bonchev–Trinajstić information content (AvgIpc) is 2.84. The molecule has 0 saturated heterocycles. The maximum Gasteiger partial charge on any atom is 0.123 e. The molecule has 0 saturated carbocycles. The first kappa shape index (κ1) is 13.4. The number of rotatable bonds is 2. The Labute approximate surface area is 123 Å². The first-order valence-corrected chi connectivity index (χ1v) is 7.16. The van der Waals surface area contributed by atoms with Gasteiger partial charge in [0.15, 0.2) is 0 Å². The van der Waals surface area contributed by atoms with Gasteiger partial charge in [0, 0.05) is 6.42 Å². The molecule has 0 amide bonds. The second-order valence-electron chi connectivity index (χ2n) is 5.28.